The van der Waals surface area contributed by atoms with Crippen LogP contribution in [0.3, 0.4) is 0 Å². The lowest BCUT2D eigenvalue weighted by atomic mass is 10.0. The third-order valence-electron chi connectivity index (χ3n) is 4.29. The van der Waals surface area contributed by atoms with Gasteiger partial charge in [0.05, 0.1) is 0 Å². The molecule has 0 aromatic carbocycles. The summed E-state index contributed by atoms with van der Waals surface area (Å²) in [6.07, 6.45) is 4.15. The summed E-state index contributed by atoms with van der Waals surface area (Å²) in [7, 11) is 0. The van der Waals surface area contributed by atoms with E-state index < -0.39 is 5.97 Å². The van der Waals surface area contributed by atoms with Gasteiger partial charge >= 0.3 is 5.97 Å². The predicted molar refractivity (Wildman–Crippen MR) is 68.0 cm³/mol. The minimum atomic E-state index is -0.784. The average Bonchev–Trinajstić information content (AvgIpc) is 2.90. The summed E-state index contributed by atoms with van der Waals surface area (Å²) in [6.45, 7) is 4.59. The molecule has 102 valence electrons. The second kappa shape index (κ2) is 5.29. The van der Waals surface area contributed by atoms with Gasteiger partial charge in [0.1, 0.15) is 0 Å². The van der Waals surface area contributed by atoms with E-state index in [-0.39, 0.29) is 24.3 Å². The number of carbonyl (C=O) groups is 2. The van der Waals surface area contributed by atoms with E-state index in [0.717, 1.165) is 24.7 Å². The Labute approximate surface area is 108 Å². The lowest BCUT2D eigenvalue weighted by Gasteiger charge is -2.29. The van der Waals surface area contributed by atoms with Gasteiger partial charge in [0, 0.05) is 24.9 Å². The van der Waals surface area contributed by atoms with E-state index >= 15 is 0 Å². The highest BCUT2D eigenvalue weighted by molar-refractivity contribution is 5.79. The Kier molecular flexibility index (Phi) is 3.93. The van der Waals surface area contributed by atoms with Gasteiger partial charge < -0.3 is 10.0 Å². The molecule has 0 saturated heterocycles. The largest absolute Gasteiger partial charge is 0.481 e. The molecule has 0 aromatic heterocycles. The number of nitrogens with zero attached hydrogens (tertiary/aromatic N) is 1. The zero-order valence-corrected chi connectivity index (χ0v) is 11.3. The molecule has 0 heterocycles. The molecule has 1 amide bonds. The molecule has 0 bridgehead atoms. The standard InChI is InChI=1S/C14H23NO3/c1-9(2)15(5-3-4-13(16)17)14(18)12-7-10-6-11(10)8-12/h9-12H,3-8H2,1-2H3,(H,16,17). The van der Waals surface area contributed by atoms with Gasteiger partial charge in [-0.1, -0.05) is 0 Å². The smallest absolute Gasteiger partial charge is 0.303 e. The van der Waals surface area contributed by atoms with Gasteiger partial charge in [-0.2, -0.15) is 0 Å². The third kappa shape index (κ3) is 3.03. The number of carbonyl (C=O) groups excluding carboxylic acids is 1. The molecule has 2 unspecified atom stereocenters. The second-order valence-corrected chi connectivity index (χ2v) is 6.05. The van der Waals surface area contributed by atoms with Crippen LogP contribution in [-0.2, 0) is 9.59 Å². The summed E-state index contributed by atoms with van der Waals surface area (Å²) in [5, 5.41) is 8.65. The summed E-state index contributed by atoms with van der Waals surface area (Å²) in [6, 6.07) is 0.170. The van der Waals surface area contributed by atoms with Crippen molar-refractivity contribution in [1.82, 2.24) is 4.90 Å². The zero-order valence-electron chi connectivity index (χ0n) is 11.3. The fourth-order valence-electron chi connectivity index (χ4n) is 3.17. The summed E-state index contributed by atoms with van der Waals surface area (Å²) in [5.41, 5.74) is 0. The minimum Gasteiger partial charge on any atom is -0.481 e. The molecule has 4 heteroatoms. The Balaban J connectivity index is 1.84. The summed E-state index contributed by atoms with van der Waals surface area (Å²) >= 11 is 0. The SMILES string of the molecule is CC(C)N(CCCC(=O)O)C(=O)C1CC2CC2C1. The lowest BCUT2D eigenvalue weighted by Crippen LogP contribution is -2.41. The first-order valence-corrected chi connectivity index (χ1v) is 7.01. The van der Waals surface area contributed by atoms with Crippen molar-refractivity contribution >= 4 is 11.9 Å². The van der Waals surface area contributed by atoms with Gasteiger partial charge in [-0.3, -0.25) is 9.59 Å². The number of carboxylic acid groups (broad SMARTS) is 1. The van der Waals surface area contributed by atoms with Crippen LogP contribution >= 0.6 is 0 Å². The maximum Gasteiger partial charge on any atom is 0.303 e. The van der Waals surface area contributed by atoms with Gasteiger partial charge in [-0.25, -0.2) is 0 Å². The number of hydrogen-bond donors (Lipinski definition) is 1. The second-order valence-electron chi connectivity index (χ2n) is 6.05. The quantitative estimate of drug-likeness (QED) is 0.789. The number of hydrogen-bond acceptors (Lipinski definition) is 2. The Hall–Kier alpha value is -1.06. The summed E-state index contributed by atoms with van der Waals surface area (Å²) in [4.78, 5) is 24.8. The van der Waals surface area contributed by atoms with Gasteiger partial charge in [0.2, 0.25) is 5.91 Å². The fraction of sp³-hybridized carbons (Fsp3) is 0.857. The van der Waals surface area contributed by atoms with Crippen molar-refractivity contribution < 1.29 is 14.7 Å². The minimum absolute atomic E-state index is 0.145. The van der Waals surface area contributed by atoms with E-state index in [2.05, 4.69) is 0 Å². The number of amides is 1. The van der Waals surface area contributed by atoms with E-state index in [1.807, 2.05) is 18.7 Å². The van der Waals surface area contributed by atoms with Gasteiger partial charge in [0.25, 0.3) is 0 Å². The van der Waals surface area contributed by atoms with Crippen LogP contribution in [-0.4, -0.2) is 34.5 Å². The topological polar surface area (TPSA) is 57.6 Å². The Morgan fingerprint density at radius 1 is 1.22 bits per heavy atom. The normalized spacial score (nSPS) is 29.2. The van der Waals surface area contributed by atoms with Crippen LogP contribution in [0.25, 0.3) is 0 Å². The first-order valence-electron chi connectivity index (χ1n) is 7.01. The number of fused-ring (bicyclic) bond motifs is 1. The third-order valence-corrected chi connectivity index (χ3v) is 4.29. The van der Waals surface area contributed by atoms with Crippen molar-refractivity contribution in [2.45, 2.75) is 52.0 Å². The predicted octanol–water partition coefficient (Wildman–Crippen LogP) is 2.13. The van der Waals surface area contributed by atoms with Gasteiger partial charge in [0.15, 0.2) is 0 Å². The zero-order chi connectivity index (χ0) is 13.3. The molecule has 0 aliphatic heterocycles. The first kappa shape index (κ1) is 13.4. The molecule has 2 saturated carbocycles. The van der Waals surface area contributed by atoms with E-state index in [4.69, 9.17) is 5.11 Å². The van der Waals surface area contributed by atoms with Crippen molar-refractivity contribution in [3.63, 3.8) is 0 Å². The highest BCUT2D eigenvalue weighted by Gasteiger charge is 2.48. The van der Waals surface area contributed by atoms with Crippen LogP contribution in [0.1, 0.15) is 46.0 Å². The van der Waals surface area contributed by atoms with Crippen molar-refractivity contribution in [2.24, 2.45) is 17.8 Å². The van der Waals surface area contributed by atoms with Crippen molar-refractivity contribution in [1.29, 1.82) is 0 Å². The maximum absolute atomic E-state index is 12.4. The first-order chi connectivity index (χ1) is 8.49. The summed E-state index contributed by atoms with van der Waals surface area (Å²) in [5.74, 6) is 1.30. The van der Waals surface area contributed by atoms with Crippen LogP contribution in [0.2, 0.25) is 0 Å². The number of rotatable bonds is 6. The Bertz CT molecular complexity index is 330. The van der Waals surface area contributed by atoms with Crippen molar-refractivity contribution in [3.05, 3.63) is 0 Å². The summed E-state index contributed by atoms with van der Waals surface area (Å²) < 4.78 is 0. The monoisotopic (exact) mass is 253 g/mol. The van der Waals surface area contributed by atoms with Crippen LogP contribution in [0.15, 0.2) is 0 Å². The molecule has 2 rings (SSSR count). The molecular formula is C14H23NO3. The molecule has 2 fully saturated rings. The lowest BCUT2D eigenvalue weighted by molar-refractivity contribution is -0.140. The van der Waals surface area contributed by atoms with Crippen LogP contribution < -0.4 is 0 Å². The fourth-order valence-corrected chi connectivity index (χ4v) is 3.17. The van der Waals surface area contributed by atoms with Gasteiger partial charge in [-0.15, -0.1) is 0 Å². The molecule has 18 heavy (non-hydrogen) atoms. The van der Waals surface area contributed by atoms with E-state index in [9.17, 15) is 9.59 Å². The Morgan fingerprint density at radius 2 is 1.83 bits per heavy atom. The van der Waals surface area contributed by atoms with Gasteiger partial charge in [-0.05, 0) is 51.4 Å². The van der Waals surface area contributed by atoms with Crippen LogP contribution in [0, 0.1) is 17.8 Å². The molecule has 2 atom stereocenters. The average molecular weight is 253 g/mol. The molecule has 1 N–H and O–H groups in total. The molecule has 0 aromatic rings. The van der Waals surface area contributed by atoms with Crippen LogP contribution in [0.5, 0.6) is 0 Å². The highest BCUT2D eigenvalue weighted by Crippen LogP contribution is 2.54. The maximum atomic E-state index is 12.4. The molecular weight excluding hydrogens is 230 g/mol. The van der Waals surface area contributed by atoms with E-state index in [1.54, 1.807) is 0 Å². The highest BCUT2D eigenvalue weighted by atomic mass is 16.4. The molecule has 0 radical (unpaired) electrons. The Morgan fingerprint density at radius 3 is 2.33 bits per heavy atom. The van der Waals surface area contributed by atoms with Crippen LogP contribution in [0.4, 0.5) is 0 Å². The molecule has 2 aliphatic carbocycles. The van der Waals surface area contributed by atoms with Crippen molar-refractivity contribution in [3.8, 4) is 0 Å². The van der Waals surface area contributed by atoms with E-state index in [1.165, 1.54) is 6.42 Å². The number of carboxylic acids is 1. The number of aliphatic carboxylic acids is 1. The van der Waals surface area contributed by atoms with E-state index in [0.29, 0.717) is 13.0 Å². The molecule has 4 nitrogen and oxygen atoms in total. The van der Waals surface area contributed by atoms with Crippen molar-refractivity contribution in [2.75, 3.05) is 6.54 Å². The molecule has 0 spiro atoms. The molecule has 2 aliphatic rings.